The van der Waals surface area contributed by atoms with Gasteiger partial charge in [0.25, 0.3) is 0 Å². The van der Waals surface area contributed by atoms with Crippen molar-refractivity contribution in [1.82, 2.24) is 10.2 Å². The molecule has 0 aliphatic heterocycles. The maximum Gasteiger partial charge on any atom is 0.0558 e. The van der Waals surface area contributed by atoms with Gasteiger partial charge in [-0.2, -0.15) is 0 Å². The highest BCUT2D eigenvalue weighted by Gasteiger charge is 2.32. The molecule has 108 valence electrons. The molecule has 0 radical (unpaired) electrons. The van der Waals surface area contributed by atoms with Crippen LogP contribution in [-0.2, 0) is 0 Å². The molecule has 0 amide bonds. The van der Waals surface area contributed by atoms with Gasteiger partial charge >= 0.3 is 0 Å². The molecule has 1 fully saturated rings. The first kappa shape index (κ1) is 15.9. The fraction of sp³-hybridized carbons (Fsp3) is 1.00. The van der Waals surface area contributed by atoms with Gasteiger partial charge in [0.2, 0.25) is 0 Å². The van der Waals surface area contributed by atoms with Gasteiger partial charge in [0, 0.05) is 19.6 Å². The van der Waals surface area contributed by atoms with Crippen molar-refractivity contribution in [2.75, 3.05) is 39.8 Å². The molecule has 0 saturated heterocycles. The van der Waals surface area contributed by atoms with Gasteiger partial charge in [0.15, 0.2) is 0 Å². The molecule has 3 heteroatoms. The van der Waals surface area contributed by atoms with Crippen LogP contribution in [0.25, 0.3) is 0 Å². The highest BCUT2D eigenvalue weighted by atomic mass is 16.3. The van der Waals surface area contributed by atoms with Crippen molar-refractivity contribution >= 4 is 0 Å². The van der Waals surface area contributed by atoms with E-state index >= 15 is 0 Å². The molecule has 0 aromatic heterocycles. The molecule has 0 aromatic carbocycles. The van der Waals surface area contributed by atoms with Gasteiger partial charge < -0.3 is 15.3 Å². The number of aliphatic hydroxyl groups excluding tert-OH is 1. The number of likely N-dealkylation sites (N-methyl/N-ethyl adjacent to an activating group) is 1. The Kier molecular flexibility index (Phi) is 7.20. The third kappa shape index (κ3) is 5.68. The summed E-state index contributed by atoms with van der Waals surface area (Å²) in [6.07, 6.45) is 6.82. The van der Waals surface area contributed by atoms with Gasteiger partial charge in [0.05, 0.1) is 6.61 Å². The van der Waals surface area contributed by atoms with Crippen LogP contribution in [0.2, 0.25) is 0 Å². The van der Waals surface area contributed by atoms with E-state index in [1.165, 1.54) is 32.1 Å². The Morgan fingerprint density at radius 3 is 2.44 bits per heavy atom. The third-order valence-corrected chi connectivity index (χ3v) is 4.05. The van der Waals surface area contributed by atoms with Crippen LogP contribution in [0.3, 0.4) is 0 Å². The third-order valence-electron chi connectivity index (χ3n) is 4.05. The summed E-state index contributed by atoms with van der Waals surface area (Å²) in [6, 6.07) is 0. The minimum atomic E-state index is 0.270. The van der Waals surface area contributed by atoms with Crippen LogP contribution in [-0.4, -0.2) is 49.8 Å². The Bertz CT molecular complexity index is 213. The number of nitrogens with zero attached hydrogens (tertiary/aromatic N) is 1. The standard InChI is InChI=1S/C15H32N2O/c1-14(2)11-16-12-15(7-5-4-6-8-15)13-17(3)9-10-18/h14,16,18H,4-13H2,1-3H3. The average molecular weight is 256 g/mol. The molecule has 0 spiro atoms. The monoisotopic (exact) mass is 256 g/mol. The van der Waals surface area contributed by atoms with E-state index in [0.29, 0.717) is 5.41 Å². The van der Waals surface area contributed by atoms with Gasteiger partial charge in [0.1, 0.15) is 0 Å². The zero-order chi connectivity index (χ0) is 13.4. The quantitative estimate of drug-likeness (QED) is 0.698. The van der Waals surface area contributed by atoms with E-state index in [1.54, 1.807) is 0 Å². The largest absolute Gasteiger partial charge is 0.395 e. The second-order valence-electron chi connectivity index (χ2n) is 6.55. The summed E-state index contributed by atoms with van der Waals surface area (Å²) in [6.45, 7) is 8.97. The van der Waals surface area contributed by atoms with E-state index in [4.69, 9.17) is 5.11 Å². The van der Waals surface area contributed by atoms with Gasteiger partial charge in [-0.05, 0) is 37.8 Å². The number of rotatable bonds is 8. The Balaban J connectivity index is 2.46. The molecular weight excluding hydrogens is 224 g/mol. The maximum absolute atomic E-state index is 9.04. The van der Waals surface area contributed by atoms with E-state index in [2.05, 4.69) is 31.1 Å². The van der Waals surface area contributed by atoms with Crippen molar-refractivity contribution in [1.29, 1.82) is 0 Å². The first-order chi connectivity index (χ1) is 8.58. The van der Waals surface area contributed by atoms with E-state index < -0.39 is 0 Å². The van der Waals surface area contributed by atoms with Crippen molar-refractivity contribution < 1.29 is 5.11 Å². The minimum Gasteiger partial charge on any atom is -0.395 e. The number of hydrogen-bond acceptors (Lipinski definition) is 3. The van der Waals surface area contributed by atoms with Gasteiger partial charge in [-0.15, -0.1) is 0 Å². The molecule has 18 heavy (non-hydrogen) atoms. The minimum absolute atomic E-state index is 0.270. The summed E-state index contributed by atoms with van der Waals surface area (Å²) in [5.41, 5.74) is 0.442. The summed E-state index contributed by atoms with van der Waals surface area (Å²) in [5, 5.41) is 12.7. The first-order valence-corrected chi connectivity index (χ1v) is 7.58. The molecule has 1 aliphatic rings. The van der Waals surface area contributed by atoms with Crippen LogP contribution >= 0.6 is 0 Å². The lowest BCUT2D eigenvalue weighted by Crippen LogP contribution is -2.45. The molecule has 0 bridgehead atoms. The molecule has 1 rings (SSSR count). The zero-order valence-electron chi connectivity index (χ0n) is 12.5. The summed E-state index contributed by atoms with van der Waals surface area (Å²) in [4.78, 5) is 2.29. The topological polar surface area (TPSA) is 35.5 Å². The van der Waals surface area contributed by atoms with E-state index in [1.807, 2.05) is 0 Å². The predicted molar refractivity (Wildman–Crippen MR) is 77.8 cm³/mol. The van der Waals surface area contributed by atoms with Crippen molar-refractivity contribution in [3.8, 4) is 0 Å². The Morgan fingerprint density at radius 2 is 1.89 bits per heavy atom. The maximum atomic E-state index is 9.04. The highest BCUT2D eigenvalue weighted by molar-refractivity contribution is 4.87. The van der Waals surface area contributed by atoms with Crippen LogP contribution in [0.15, 0.2) is 0 Å². The fourth-order valence-electron chi connectivity index (χ4n) is 3.14. The zero-order valence-corrected chi connectivity index (χ0v) is 12.5. The smallest absolute Gasteiger partial charge is 0.0558 e. The molecule has 0 unspecified atom stereocenters. The predicted octanol–water partition coefficient (Wildman–Crippen LogP) is 2.11. The van der Waals surface area contributed by atoms with Gasteiger partial charge in [-0.1, -0.05) is 33.1 Å². The summed E-state index contributed by atoms with van der Waals surface area (Å²) in [5.74, 6) is 0.723. The molecule has 2 N–H and O–H groups in total. The van der Waals surface area contributed by atoms with Crippen molar-refractivity contribution in [2.24, 2.45) is 11.3 Å². The van der Waals surface area contributed by atoms with Crippen LogP contribution < -0.4 is 5.32 Å². The van der Waals surface area contributed by atoms with E-state index in [-0.39, 0.29) is 6.61 Å². The van der Waals surface area contributed by atoms with E-state index in [9.17, 15) is 0 Å². The van der Waals surface area contributed by atoms with Gasteiger partial charge in [-0.25, -0.2) is 0 Å². The second kappa shape index (κ2) is 8.13. The fourth-order valence-corrected chi connectivity index (χ4v) is 3.14. The number of aliphatic hydroxyl groups is 1. The number of hydrogen-bond donors (Lipinski definition) is 2. The molecule has 0 heterocycles. The summed E-state index contributed by atoms with van der Waals surface area (Å²) in [7, 11) is 2.13. The molecule has 0 atom stereocenters. The average Bonchev–Trinajstić information content (AvgIpc) is 2.29. The Labute approximate surface area is 113 Å². The highest BCUT2D eigenvalue weighted by Crippen LogP contribution is 2.36. The van der Waals surface area contributed by atoms with Crippen LogP contribution in [0, 0.1) is 11.3 Å². The lowest BCUT2D eigenvalue weighted by Gasteiger charge is -2.40. The summed E-state index contributed by atoms with van der Waals surface area (Å²) < 4.78 is 0. The van der Waals surface area contributed by atoms with Gasteiger partial charge in [-0.3, -0.25) is 0 Å². The summed E-state index contributed by atoms with van der Waals surface area (Å²) >= 11 is 0. The van der Waals surface area contributed by atoms with Crippen molar-refractivity contribution in [3.63, 3.8) is 0 Å². The van der Waals surface area contributed by atoms with Crippen LogP contribution in [0.1, 0.15) is 46.0 Å². The lowest BCUT2D eigenvalue weighted by atomic mass is 9.73. The SMILES string of the molecule is CC(C)CNCC1(CN(C)CCO)CCCCC1. The van der Waals surface area contributed by atoms with Crippen LogP contribution in [0.5, 0.6) is 0 Å². The molecular formula is C15H32N2O. The van der Waals surface area contributed by atoms with Crippen molar-refractivity contribution in [2.45, 2.75) is 46.0 Å². The first-order valence-electron chi connectivity index (χ1n) is 7.58. The second-order valence-corrected chi connectivity index (χ2v) is 6.55. The Morgan fingerprint density at radius 1 is 1.22 bits per heavy atom. The Hall–Kier alpha value is -0.120. The van der Waals surface area contributed by atoms with Crippen molar-refractivity contribution in [3.05, 3.63) is 0 Å². The molecule has 1 saturated carbocycles. The molecule has 1 aliphatic carbocycles. The number of nitrogens with one attached hydrogen (secondary N) is 1. The molecule has 3 nitrogen and oxygen atoms in total. The van der Waals surface area contributed by atoms with E-state index in [0.717, 1.165) is 32.1 Å². The normalized spacial score (nSPS) is 19.7. The molecule has 0 aromatic rings. The lowest BCUT2D eigenvalue weighted by molar-refractivity contribution is 0.104. The van der Waals surface area contributed by atoms with Crippen LogP contribution in [0.4, 0.5) is 0 Å².